The van der Waals surface area contributed by atoms with Crippen molar-refractivity contribution in [1.82, 2.24) is 10.2 Å². The Balaban J connectivity index is 1.88. The number of carbonyl (C=O) groups is 1. The summed E-state index contributed by atoms with van der Waals surface area (Å²) >= 11 is 6.10. The molecule has 0 fully saturated rings. The Morgan fingerprint density at radius 2 is 2.17 bits per heavy atom. The third-order valence-corrected chi connectivity index (χ3v) is 4.47. The Morgan fingerprint density at radius 1 is 1.35 bits per heavy atom. The summed E-state index contributed by atoms with van der Waals surface area (Å²) in [6, 6.07) is 10.6. The number of para-hydroxylation sites is 1. The molecule has 0 spiro atoms. The predicted octanol–water partition coefficient (Wildman–Crippen LogP) is 3.35. The minimum Gasteiger partial charge on any atom is -0.322 e. The van der Waals surface area contributed by atoms with E-state index in [1.165, 1.54) is 0 Å². The van der Waals surface area contributed by atoms with Gasteiger partial charge in [0.15, 0.2) is 0 Å². The SMILES string of the molecule is C[S@](=O)Cc1cc(NC(=O)c2cccc3cn[nH]c23)ccc1Cl. The molecule has 118 valence electrons. The Bertz CT molecular complexity index is 907. The van der Waals surface area contributed by atoms with Crippen molar-refractivity contribution in [2.24, 2.45) is 0 Å². The fraction of sp³-hybridized carbons (Fsp3) is 0.125. The number of carbonyl (C=O) groups excluding carboxylic acids is 1. The molecule has 0 aliphatic heterocycles. The molecule has 5 nitrogen and oxygen atoms in total. The number of H-pyrrole nitrogens is 1. The summed E-state index contributed by atoms with van der Waals surface area (Å²) in [7, 11) is -1.01. The van der Waals surface area contributed by atoms with Crippen LogP contribution in [0.3, 0.4) is 0 Å². The molecule has 0 saturated heterocycles. The van der Waals surface area contributed by atoms with E-state index < -0.39 is 10.8 Å². The number of benzene rings is 2. The van der Waals surface area contributed by atoms with Crippen LogP contribution in [0.15, 0.2) is 42.6 Å². The molecule has 2 N–H and O–H groups in total. The van der Waals surface area contributed by atoms with Crippen LogP contribution in [0.5, 0.6) is 0 Å². The molecule has 23 heavy (non-hydrogen) atoms. The van der Waals surface area contributed by atoms with Crippen LogP contribution in [0.4, 0.5) is 5.69 Å². The maximum atomic E-state index is 12.5. The van der Waals surface area contributed by atoms with Crippen LogP contribution in [0.1, 0.15) is 15.9 Å². The van der Waals surface area contributed by atoms with Crippen molar-refractivity contribution < 1.29 is 9.00 Å². The summed E-state index contributed by atoms with van der Waals surface area (Å²) in [5.74, 6) is 0.101. The van der Waals surface area contributed by atoms with Crippen LogP contribution in [0.2, 0.25) is 5.02 Å². The highest BCUT2D eigenvalue weighted by molar-refractivity contribution is 7.83. The van der Waals surface area contributed by atoms with Gasteiger partial charge in [0.2, 0.25) is 0 Å². The summed E-state index contributed by atoms with van der Waals surface area (Å²) in [5.41, 5.74) is 2.55. The second-order valence-corrected chi connectivity index (χ2v) is 6.96. The van der Waals surface area contributed by atoms with Gasteiger partial charge in [-0.1, -0.05) is 23.7 Å². The highest BCUT2D eigenvalue weighted by atomic mass is 35.5. The second kappa shape index (κ2) is 6.52. The number of nitrogens with zero attached hydrogens (tertiary/aromatic N) is 1. The molecule has 0 aliphatic rings. The largest absolute Gasteiger partial charge is 0.322 e. The standard InChI is InChI=1S/C16H14ClN3O2S/c1-23(22)9-11-7-12(5-6-14(11)17)19-16(21)13-4-2-3-10-8-18-20-15(10)13/h2-8H,9H2,1H3,(H,18,20)(H,19,21)/t23-/m0/s1. The van der Waals surface area contributed by atoms with Crippen molar-refractivity contribution in [3.63, 3.8) is 0 Å². The van der Waals surface area contributed by atoms with E-state index >= 15 is 0 Å². The fourth-order valence-electron chi connectivity index (χ4n) is 2.34. The molecular weight excluding hydrogens is 334 g/mol. The zero-order chi connectivity index (χ0) is 16.4. The molecule has 2 aromatic carbocycles. The highest BCUT2D eigenvalue weighted by Crippen LogP contribution is 2.23. The Labute approximate surface area is 140 Å². The van der Waals surface area contributed by atoms with Gasteiger partial charge in [0.1, 0.15) is 0 Å². The third-order valence-electron chi connectivity index (χ3n) is 3.38. The van der Waals surface area contributed by atoms with Crippen molar-refractivity contribution in [2.45, 2.75) is 5.75 Å². The van der Waals surface area contributed by atoms with E-state index in [4.69, 9.17) is 11.6 Å². The van der Waals surface area contributed by atoms with E-state index in [9.17, 15) is 9.00 Å². The van der Waals surface area contributed by atoms with Gasteiger partial charge in [-0.2, -0.15) is 5.10 Å². The number of hydrogen-bond donors (Lipinski definition) is 2. The molecule has 1 heterocycles. The van der Waals surface area contributed by atoms with E-state index in [0.717, 1.165) is 10.9 Å². The fourth-order valence-corrected chi connectivity index (χ4v) is 3.28. The molecule has 1 atom stereocenters. The molecule has 0 saturated carbocycles. The van der Waals surface area contributed by atoms with Crippen LogP contribution in [0.25, 0.3) is 10.9 Å². The summed E-state index contributed by atoms with van der Waals surface area (Å²) in [6.45, 7) is 0. The number of rotatable bonds is 4. The van der Waals surface area contributed by atoms with Crippen molar-refractivity contribution in [1.29, 1.82) is 0 Å². The molecule has 0 bridgehead atoms. The lowest BCUT2D eigenvalue weighted by Gasteiger charge is -2.09. The number of hydrogen-bond acceptors (Lipinski definition) is 3. The molecule has 0 unspecified atom stereocenters. The average molecular weight is 348 g/mol. The van der Waals surface area contributed by atoms with Gasteiger partial charge >= 0.3 is 0 Å². The molecular formula is C16H14ClN3O2S. The molecule has 3 rings (SSSR count). The van der Waals surface area contributed by atoms with E-state index in [2.05, 4.69) is 15.5 Å². The van der Waals surface area contributed by atoms with Crippen molar-refractivity contribution in [2.75, 3.05) is 11.6 Å². The van der Waals surface area contributed by atoms with Crippen LogP contribution < -0.4 is 5.32 Å². The Hall–Kier alpha value is -2.18. The first-order valence-corrected chi connectivity index (χ1v) is 8.97. The molecule has 7 heteroatoms. The van der Waals surface area contributed by atoms with E-state index in [1.54, 1.807) is 42.8 Å². The van der Waals surface area contributed by atoms with E-state index in [0.29, 0.717) is 27.5 Å². The maximum Gasteiger partial charge on any atom is 0.257 e. The van der Waals surface area contributed by atoms with Crippen molar-refractivity contribution >= 4 is 44.9 Å². The minimum atomic E-state index is -1.01. The number of aromatic amines is 1. The number of anilines is 1. The van der Waals surface area contributed by atoms with Crippen LogP contribution in [-0.2, 0) is 16.6 Å². The maximum absolute atomic E-state index is 12.5. The lowest BCUT2D eigenvalue weighted by molar-refractivity contribution is 0.102. The smallest absolute Gasteiger partial charge is 0.257 e. The summed E-state index contributed by atoms with van der Waals surface area (Å²) < 4.78 is 11.4. The van der Waals surface area contributed by atoms with Gasteiger partial charge in [0.05, 0.1) is 17.3 Å². The number of nitrogens with one attached hydrogen (secondary N) is 2. The average Bonchev–Trinajstić information content (AvgIpc) is 2.98. The number of aromatic nitrogens is 2. The minimum absolute atomic E-state index is 0.245. The lowest BCUT2D eigenvalue weighted by atomic mass is 10.1. The Kier molecular flexibility index (Phi) is 4.45. The summed E-state index contributed by atoms with van der Waals surface area (Å²) in [5, 5.41) is 11.0. The first kappa shape index (κ1) is 15.7. The van der Waals surface area contributed by atoms with Gasteiger partial charge in [0, 0.05) is 38.9 Å². The van der Waals surface area contributed by atoms with E-state index in [-0.39, 0.29) is 5.91 Å². The van der Waals surface area contributed by atoms with Gasteiger partial charge in [-0.05, 0) is 29.8 Å². The van der Waals surface area contributed by atoms with Crippen LogP contribution in [-0.4, -0.2) is 26.6 Å². The van der Waals surface area contributed by atoms with E-state index in [1.807, 2.05) is 6.07 Å². The quantitative estimate of drug-likeness (QED) is 0.760. The van der Waals surface area contributed by atoms with Crippen LogP contribution >= 0.6 is 11.6 Å². The zero-order valence-electron chi connectivity index (χ0n) is 12.3. The lowest BCUT2D eigenvalue weighted by Crippen LogP contribution is -2.12. The number of halogens is 1. The highest BCUT2D eigenvalue weighted by Gasteiger charge is 2.12. The third kappa shape index (κ3) is 3.43. The Morgan fingerprint density at radius 3 is 2.96 bits per heavy atom. The first-order valence-electron chi connectivity index (χ1n) is 6.86. The zero-order valence-corrected chi connectivity index (χ0v) is 13.9. The van der Waals surface area contributed by atoms with Crippen molar-refractivity contribution in [3.05, 3.63) is 58.7 Å². The monoisotopic (exact) mass is 347 g/mol. The number of amides is 1. The van der Waals surface area contributed by atoms with Gasteiger partial charge < -0.3 is 5.32 Å². The topological polar surface area (TPSA) is 74.8 Å². The molecule has 0 aliphatic carbocycles. The normalized spacial score (nSPS) is 12.3. The first-order chi connectivity index (χ1) is 11.0. The molecule has 3 aromatic rings. The van der Waals surface area contributed by atoms with Crippen LogP contribution in [0, 0.1) is 0 Å². The molecule has 0 radical (unpaired) electrons. The second-order valence-electron chi connectivity index (χ2n) is 5.12. The molecule has 1 aromatic heterocycles. The van der Waals surface area contributed by atoms with Gasteiger partial charge in [-0.3, -0.25) is 14.1 Å². The predicted molar refractivity (Wildman–Crippen MR) is 93.3 cm³/mol. The van der Waals surface area contributed by atoms with Gasteiger partial charge in [-0.25, -0.2) is 0 Å². The van der Waals surface area contributed by atoms with Gasteiger partial charge in [0.25, 0.3) is 5.91 Å². The summed E-state index contributed by atoms with van der Waals surface area (Å²) in [6.07, 6.45) is 3.28. The van der Waals surface area contributed by atoms with Crippen molar-refractivity contribution in [3.8, 4) is 0 Å². The number of fused-ring (bicyclic) bond motifs is 1. The molecule has 1 amide bonds. The summed E-state index contributed by atoms with van der Waals surface area (Å²) in [4.78, 5) is 12.5. The van der Waals surface area contributed by atoms with Gasteiger partial charge in [-0.15, -0.1) is 0 Å².